The Bertz CT molecular complexity index is 615. The molecule has 3 rings (SSSR count). The van der Waals surface area contributed by atoms with E-state index in [1.165, 1.54) is 32.1 Å². The van der Waals surface area contributed by atoms with Gasteiger partial charge < -0.3 is 20.1 Å². The molecule has 2 fully saturated rings. The molecule has 0 aromatic heterocycles. The fraction of sp³-hybridized carbons (Fsp3) is 0.682. The maximum absolute atomic E-state index is 12.9. The zero-order chi connectivity index (χ0) is 19.1. The minimum absolute atomic E-state index is 0.0999. The van der Waals surface area contributed by atoms with E-state index in [0.29, 0.717) is 13.0 Å². The molecule has 1 aliphatic carbocycles. The van der Waals surface area contributed by atoms with Crippen molar-refractivity contribution in [3.8, 4) is 5.75 Å². The number of carbonyl (C=O) groups excluding carboxylic acids is 1. The van der Waals surface area contributed by atoms with Gasteiger partial charge in [0.2, 0.25) is 0 Å². The van der Waals surface area contributed by atoms with Crippen molar-refractivity contribution in [3.05, 3.63) is 29.8 Å². The lowest BCUT2D eigenvalue weighted by molar-refractivity contribution is -0.156. The first-order valence-corrected chi connectivity index (χ1v) is 10.5. The molecule has 1 amide bonds. The van der Waals surface area contributed by atoms with Crippen LogP contribution in [0, 0.1) is 5.92 Å². The summed E-state index contributed by atoms with van der Waals surface area (Å²) in [7, 11) is 1.65. The standard InChI is InChI=1S/C22H34N2O3/c1-27-20-11-6-5-10-19(20)16-23-17-22(26)13-7-14-24(21(22)25)15-12-18-8-3-2-4-9-18/h5-6,10-11,18,23,26H,2-4,7-9,12-17H2,1H3/t22-/m0/s1. The Morgan fingerprint density at radius 3 is 2.78 bits per heavy atom. The molecule has 27 heavy (non-hydrogen) atoms. The van der Waals surface area contributed by atoms with Crippen molar-refractivity contribution in [1.29, 1.82) is 0 Å². The normalized spacial score (nSPS) is 24.2. The number of hydrogen-bond donors (Lipinski definition) is 2. The minimum atomic E-state index is -1.28. The number of aliphatic hydroxyl groups is 1. The van der Waals surface area contributed by atoms with Gasteiger partial charge >= 0.3 is 0 Å². The number of rotatable bonds is 8. The van der Waals surface area contributed by atoms with E-state index in [9.17, 15) is 9.90 Å². The second-order valence-electron chi connectivity index (χ2n) is 8.14. The highest BCUT2D eigenvalue weighted by Crippen LogP contribution is 2.28. The number of benzene rings is 1. The molecule has 1 heterocycles. The first kappa shape index (κ1) is 20.2. The molecule has 1 atom stereocenters. The maximum atomic E-state index is 12.9. The number of ether oxygens (including phenoxy) is 1. The quantitative estimate of drug-likeness (QED) is 0.734. The third kappa shape index (κ3) is 5.23. The van der Waals surface area contributed by atoms with E-state index >= 15 is 0 Å². The Morgan fingerprint density at radius 1 is 1.22 bits per heavy atom. The van der Waals surface area contributed by atoms with Gasteiger partial charge in [0, 0.05) is 31.7 Å². The summed E-state index contributed by atoms with van der Waals surface area (Å²) in [6, 6.07) is 7.82. The van der Waals surface area contributed by atoms with Crippen LogP contribution in [0.2, 0.25) is 0 Å². The Labute approximate surface area is 163 Å². The summed E-state index contributed by atoms with van der Waals surface area (Å²) in [6.07, 6.45) is 9.09. The molecule has 1 aliphatic heterocycles. The van der Waals surface area contributed by atoms with Crippen LogP contribution in [-0.4, -0.2) is 48.3 Å². The Kier molecular flexibility index (Phi) is 7.13. The van der Waals surface area contributed by atoms with E-state index in [4.69, 9.17) is 4.74 Å². The highest BCUT2D eigenvalue weighted by atomic mass is 16.5. The molecule has 0 unspecified atom stereocenters. The number of likely N-dealkylation sites (tertiary alicyclic amines) is 1. The Balaban J connectivity index is 1.50. The number of nitrogens with one attached hydrogen (secondary N) is 1. The number of methoxy groups -OCH3 is 1. The summed E-state index contributed by atoms with van der Waals surface area (Å²) in [5.41, 5.74) is -0.256. The van der Waals surface area contributed by atoms with Crippen LogP contribution in [0.1, 0.15) is 56.9 Å². The molecule has 2 aliphatic rings. The van der Waals surface area contributed by atoms with E-state index in [1.807, 2.05) is 29.2 Å². The number of piperidine rings is 1. The molecular formula is C22H34N2O3. The third-order valence-electron chi connectivity index (χ3n) is 6.16. The first-order valence-electron chi connectivity index (χ1n) is 10.5. The largest absolute Gasteiger partial charge is 0.496 e. The summed E-state index contributed by atoms with van der Waals surface area (Å²) in [5.74, 6) is 1.48. The molecule has 2 N–H and O–H groups in total. The van der Waals surface area contributed by atoms with Gasteiger partial charge in [0.1, 0.15) is 5.75 Å². The van der Waals surface area contributed by atoms with Gasteiger partial charge in [-0.2, -0.15) is 0 Å². The lowest BCUT2D eigenvalue weighted by Gasteiger charge is -2.39. The Hall–Kier alpha value is -1.59. The van der Waals surface area contributed by atoms with Crippen LogP contribution in [0.5, 0.6) is 5.75 Å². The summed E-state index contributed by atoms with van der Waals surface area (Å²) in [6.45, 7) is 2.42. The van der Waals surface area contributed by atoms with Crippen LogP contribution in [0.3, 0.4) is 0 Å². The van der Waals surface area contributed by atoms with Crippen LogP contribution >= 0.6 is 0 Å². The van der Waals surface area contributed by atoms with E-state index < -0.39 is 5.60 Å². The molecule has 5 heteroatoms. The van der Waals surface area contributed by atoms with Gasteiger partial charge in [0.05, 0.1) is 7.11 Å². The molecule has 1 aromatic rings. The minimum Gasteiger partial charge on any atom is -0.496 e. The van der Waals surface area contributed by atoms with Crippen molar-refractivity contribution >= 4 is 5.91 Å². The highest BCUT2D eigenvalue weighted by Gasteiger charge is 2.41. The third-order valence-corrected chi connectivity index (χ3v) is 6.16. The van der Waals surface area contributed by atoms with Crippen LogP contribution in [0.15, 0.2) is 24.3 Å². The van der Waals surface area contributed by atoms with Gasteiger partial charge in [-0.3, -0.25) is 4.79 Å². The summed E-state index contributed by atoms with van der Waals surface area (Å²) in [5, 5.41) is 14.2. The number of hydrogen-bond acceptors (Lipinski definition) is 4. The molecule has 0 radical (unpaired) electrons. The van der Waals surface area contributed by atoms with Gasteiger partial charge in [-0.1, -0.05) is 50.3 Å². The molecule has 0 spiro atoms. The van der Waals surface area contributed by atoms with Crippen LogP contribution in [0.4, 0.5) is 0 Å². The molecular weight excluding hydrogens is 340 g/mol. The van der Waals surface area contributed by atoms with Gasteiger partial charge in [0.25, 0.3) is 5.91 Å². The molecule has 5 nitrogen and oxygen atoms in total. The van der Waals surface area contributed by atoms with E-state index in [-0.39, 0.29) is 12.5 Å². The topological polar surface area (TPSA) is 61.8 Å². The summed E-state index contributed by atoms with van der Waals surface area (Å²) in [4.78, 5) is 14.8. The number of carbonyl (C=O) groups is 1. The molecule has 1 saturated carbocycles. The van der Waals surface area contributed by atoms with Crippen LogP contribution < -0.4 is 10.1 Å². The van der Waals surface area contributed by atoms with Crippen molar-refractivity contribution in [2.75, 3.05) is 26.7 Å². The zero-order valence-electron chi connectivity index (χ0n) is 16.6. The monoisotopic (exact) mass is 374 g/mol. The lowest BCUT2D eigenvalue weighted by atomic mass is 9.86. The fourth-order valence-corrected chi connectivity index (χ4v) is 4.51. The van der Waals surface area contributed by atoms with Crippen molar-refractivity contribution in [1.82, 2.24) is 10.2 Å². The second kappa shape index (κ2) is 9.56. The average Bonchev–Trinajstić information content (AvgIpc) is 2.70. The molecule has 0 bridgehead atoms. The second-order valence-corrected chi connectivity index (χ2v) is 8.14. The van der Waals surface area contributed by atoms with E-state index in [2.05, 4.69) is 5.32 Å². The fourth-order valence-electron chi connectivity index (χ4n) is 4.51. The van der Waals surface area contributed by atoms with Crippen molar-refractivity contribution in [2.45, 2.75) is 63.5 Å². The number of amides is 1. The van der Waals surface area contributed by atoms with Gasteiger partial charge in [-0.15, -0.1) is 0 Å². The van der Waals surface area contributed by atoms with Gasteiger partial charge in [-0.05, 0) is 31.2 Å². The maximum Gasteiger partial charge on any atom is 0.255 e. The van der Waals surface area contributed by atoms with Crippen LogP contribution in [0.25, 0.3) is 0 Å². The summed E-state index contributed by atoms with van der Waals surface area (Å²) >= 11 is 0. The van der Waals surface area contributed by atoms with Gasteiger partial charge in [0.15, 0.2) is 5.60 Å². The SMILES string of the molecule is COc1ccccc1CNC[C@@]1(O)CCCN(CCC2CCCCC2)C1=O. The molecule has 150 valence electrons. The summed E-state index contributed by atoms with van der Waals surface area (Å²) < 4.78 is 5.36. The predicted octanol–water partition coefficient (Wildman–Crippen LogP) is 3.11. The van der Waals surface area contributed by atoms with E-state index in [1.54, 1.807) is 7.11 Å². The van der Waals surface area contributed by atoms with Crippen molar-refractivity contribution < 1.29 is 14.6 Å². The zero-order valence-corrected chi connectivity index (χ0v) is 16.6. The average molecular weight is 375 g/mol. The van der Waals surface area contributed by atoms with Crippen LogP contribution in [-0.2, 0) is 11.3 Å². The number of nitrogens with zero attached hydrogens (tertiary/aromatic N) is 1. The predicted molar refractivity (Wildman–Crippen MR) is 107 cm³/mol. The molecule has 1 aromatic carbocycles. The molecule has 1 saturated heterocycles. The first-order chi connectivity index (χ1) is 13.1. The number of para-hydroxylation sites is 1. The van der Waals surface area contributed by atoms with Gasteiger partial charge in [-0.25, -0.2) is 0 Å². The Morgan fingerprint density at radius 2 is 2.00 bits per heavy atom. The highest BCUT2D eigenvalue weighted by molar-refractivity contribution is 5.86. The lowest BCUT2D eigenvalue weighted by Crippen LogP contribution is -2.58. The smallest absolute Gasteiger partial charge is 0.255 e. The van der Waals surface area contributed by atoms with Crippen molar-refractivity contribution in [2.24, 2.45) is 5.92 Å². The van der Waals surface area contributed by atoms with Crippen molar-refractivity contribution in [3.63, 3.8) is 0 Å². The van der Waals surface area contributed by atoms with E-state index in [0.717, 1.165) is 43.2 Å².